The van der Waals surface area contributed by atoms with Crippen LogP contribution in [0.3, 0.4) is 0 Å². The van der Waals surface area contributed by atoms with Gasteiger partial charge in [-0.3, -0.25) is 9.59 Å². The molecule has 1 amide bonds. The van der Waals surface area contributed by atoms with Crippen molar-refractivity contribution in [1.82, 2.24) is 9.88 Å². The van der Waals surface area contributed by atoms with Gasteiger partial charge in [0.15, 0.2) is 0 Å². The zero-order valence-corrected chi connectivity index (χ0v) is 14.7. The molecule has 0 radical (unpaired) electrons. The Kier molecular flexibility index (Phi) is 5.56. The number of amides is 1. The summed E-state index contributed by atoms with van der Waals surface area (Å²) in [5, 5.41) is 9.25. The molecule has 0 aromatic carbocycles. The van der Waals surface area contributed by atoms with E-state index in [1.54, 1.807) is 23.2 Å². The number of piperidine rings is 1. The first kappa shape index (κ1) is 17.7. The second-order valence-electron chi connectivity index (χ2n) is 7.18. The van der Waals surface area contributed by atoms with Crippen LogP contribution in [0.1, 0.15) is 62.2 Å². The molecule has 2 heterocycles. The number of pyridine rings is 1. The summed E-state index contributed by atoms with van der Waals surface area (Å²) >= 11 is 0. The first-order chi connectivity index (χ1) is 12.0. The number of nitrogens with zero attached hydrogens (tertiary/aromatic N) is 2. The van der Waals surface area contributed by atoms with E-state index in [1.807, 2.05) is 6.92 Å². The van der Waals surface area contributed by atoms with Crippen molar-refractivity contribution >= 4 is 11.9 Å². The maximum atomic E-state index is 12.9. The van der Waals surface area contributed by atoms with Crippen molar-refractivity contribution in [3.8, 4) is 5.88 Å². The number of hydrogen-bond donors (Lipinski definition) is 1. The zero-order chi connectivity index (χ0) is 17.8. The van der Waals surface area contributed by atoms with Crippen LogP contribution in [0, 0.1) is 5.92 Å². The molecule has 25 heavy (non-hydrogen) atoms. The number of hydrogen-bond acceptors (Lipinski definition) is 4. The van der Waals surface area contributed by atoms with Crippen LogP contribution in [0.2, 0.25) is 0 Å². The highest BCUT2D eigenvalue weighted by molar-refractivity contribution is 5.95. The van der Waals surface area contributed by atoms with Gasteiger partial charge in [-0.25, -0.2) is 4.98 Å². The molecule has 1 aromatic rings. The van der Waals surface area contributed by atoms with Gasteiger partial charge in [0.1, 0.15) is 6.10 Å². The van der Waals surface area contributed by atoms with Crippen LogP contribution in [-0.2, 0) is 4.79 Å². The summed E-state index contributed by atoms with van der Waals surface area (Å²) in [5.41, 5.74) is 0.513. The third kappa shape index (κ3) is 4.30. The third-order valence-corrected chi connectivity index (χ3v) is 5.31. The van der Waals surface area contributed by atoms with Gasteiger partial charge in [0.05, 0.1) is 5.92 Å². The molecule has 136 valence electrons. The molecule has 6 heteroatoms. The number of aromatic nitrogens is 1. The molecule has 2 fully saturated rings. The summed E-state index contributed by atoms with van der Waals surface area (Å²) in [6.07, 6.45) is 8.75. The van der Waals surface area contributed by atoms with Gasteiger partial charge in [0.2, 0.25) is 5.88 Å². The lowest BCUT2D eigenvalue weighted by Gasteiger charge is -2.36. The van der Waals surface area contributed by atoms with Crippen molar-refractivity contribution in [3.63, 3.8) is 0 Å². The van der Waals surface area contributed by atoms with Crippen molar-refractivity contribution in [2.45, 2.75) is 64.0 Å². The summed E-state index contributed by atoms with van der Waals surface area (Å²) in [6, 6.07) is 3.40. The standard InChI is InChI=1S/C19H26N2O4/c1-13-7-8-15(19(23)24)12-21(13)18(22)14-9-10-20-17(11-14)25-16-5-3-2-4-6-16/h9-11,13,15-16H,2-8,12H2,1H3,(H,23,24). The number of ether oxygens (including phenoxy) is 1. The van der Waals surface area contributed by atoms with Gasteiger partial charge < -0.3 is 14.7 Å². The molecule has 1 aromatic heterocycles. The van der Waals surface area contributed by atoms with E-state index >= 15 is 0 Å². The number of carbonyl (C=O) groups is 2. The molecule has 2 unspecified atom stereocenters. The van der Waals surface area contributed by atoms with E-state index in [9.17, 15) is 14.7 Å². The second kappa shape index (κ2) is 7.85. The fourth-order valence-electron chi connectivity index (χ4n) is 3.72. The fourth-order valence-corrected chi connectivity index (χ4v) is 3.72. The first-order valence-electron chi connectivity index (χ1n) is 9.21. The highest BCUT2D eigenvalue weighted by atomic mass is 16.5. The lowest BCUT2D eigenvalue weighted by molar-refractivity contribution is -0.143. The molecule has 1 aliphatic heterocycles. The molecule has 1 saturated heterocycles. The normalized spacial score (nSPS) is 24.8. The Balaban J connectivity index is 1.70. The monoisotopic (exact) mass is 346 g/mol. The molecule has 0 spiro atoms. The predicted molar refractivity (Wildman–Crippen MR) is 92.6 cm³/mol. The molecule has 1 aliphatic carbocycles. The van der Waals surface area contributed by atoms with Gasteiger partial charge >= 0.3 is 5.97 Å². The summed E-state index contributed by atoms with van der Waals surface area (Å²) in [5.74, 6) is -0.979. The Hall–Kier alpha value is -2.11. The van der Waals surface area contributed by atoms with Crippen LogP contribution in [-0.4, -0.2) is 45.6 Å². The molecule has 6 nitrogen and oxygen atoms in total. The van der Waals surface area contributed by atoms with Crippen LogP contribution in [0.15, 0.2) is 18.3 Å². The third-order valence-electron chi connectivity index (χ3n) is 5.31. The first-order valence-corrected chi connectivity index (χ1v) is 9.21. The second-order valence-corrected chi connectivity index (χ2v) is 7.18. The highest BCUT2D eigenvalue weighted by Crippen LogP contribution is 2.26. The van der Waals surface area contributed by atoms with Gasteiger partial charge in [-0.2, -0.15) is 0 Å². The fraction of sp³-hybridized carbons (Fsp3) is 0.632. The molecule has 1 saturated carbocycles. The minimum Gasteiger partial charge on any atom is -0.481 e. The number of carbonyl (C=O) groups excluding carboxylic acids is 1. The van der Waals surface area contributed by atoms with E-state index in [0.717, 1.165) is 12.8 Å². The van der Waals surface area contributed by atoms with E-state index in [1.165, 1.54) is 19.3 Å². The van der Waals surface area contributed by atoms with E-state index in [-0.39, 0.29) is 24.6 Å². The van der Waals surface area contributed by atoms with E-state index in [4.69, 9.17) is 4.74 Å². The van der Waals surface area contributed by atoms with Crippen LogP contribution in [0.5, 0.6) is 5.88 Å². The van der Waals surface area contributed by atoms with E-state index in [2.05, 4.69) is 4.98 Å². The van der Waals surface area contributed by atoms with Crippen LogP contribution >= 0.6 is 0 Å². The smallest absolute Gasteiger partial charge is 0.308 e. The Morgan fingerprint density at radius 1 is 1.20 bits per heavy atom. The minimum absolute atomic E-state index is 0.0407. The average molecular weight is 346 g/mol. The van der Waals surface area contributed by atoms with Gasteiger partial charge in [0.25, 0.3) is 5.91 Å². The lowest BCUT2D eigenvalue weighted by Crippen LogP contribution is -2.47. The average Bonchev–Trinajstić information content (AvgIpc) is 2.62. The quantitative estimate of drug-likeness (QED) is 0.906. The summed E-state index contributed by atoms with van der Waals surface area (Å²) in [7, 11) is 0. The van der Waals surface area contributed by atoms with Crippen molar-refractivity contribution in [2.75, 3.05) is 6.54 Å². The molecule has 2 atom stereocenters. The topological polar surface area (TPSA) is 79.7 Å². The number of aliphatic carboxylic acids is 1. The maximum Gasteiger partial charge on any atom is 0.308 e. The number of likely N-dealkylation sites (tertiary alicyclic amines) is 1. The van der Waals surface area contributed by atoms with E-state index in [0.29, 0.717) is 24.3 Å². The zero-order valence-electron chi connectivity index (χ0n) is 14.7. The molecule has 1 N–H and O–H groups in total. The Labute approximate surface area is 148 Å². The van der Waals surface area contributed by atoms with Gasteiger partial charge in [0, 0.05) is 30.4 Å². The molecule has 0 bridgehead atoms. The largest absolute Gasteiger partial charge is 0.481 e. The summed E-state index contributed by atoms with van der Waals surface area (Å²) in [6.45, 7) is 2.23. The summed E-state index contributed by atoms with van der Waals surface area (Å²) in [4.78, 5) is 30.1. The minimum atomic E-state index is -0.833. The predicted octanol–water partition coefficient (Wildman–Crippen LogP) is 3.12. The Morgan fingerprint density at radius 2 is 1.96 bits per heavy atom. The molecular formula is C19H26N2O4. The number of rotatable bonds is 4. The number of carboxylic acid groups (broad SMARTS) is 1. The van der Waals surface area contributed by atoms with Crippen LogP contribution in [0.25, 0.3) is 0 Å². The SMILES string of the molecule is CC1CCC(C(=O)O)CN1C(=O)c1ccnc(OC2CCCCC2)c1. The number of carboxylic acids is 1. The van der Waals surface area contributed by atoms with Crippen molar-refractivity contribution in [1.29, 1.82) is 0 Å². The van der Waals surface area contributed by atoms with Gasteiger partial charge in [-0.15, -0.1) is 0 Å². The highest BCUT2D eigenvalue weighted by Gasteiger charge is 2.33. The van der Waals surface area contributed by atoms with Crippen molar-refractivity contribution < 1.29 is 19.4 Å². The van der Waals surface area contributed by atoms with Crippen LogP contribution < -0.4 is 4.74 Å². The lowest BCUT2D eigenvalue weighted by atomic mass is 9.93. The maximum absolute atomic E-state index is 12.9. The van der Waals surface area contributed by atoms with Gasteiger partial charge in [-0.1, -0.05) is 6.42 Å². The molecule has 3 rings (SSSR count). The van der Waals surface area contributed by atoms with Gasteiger partial charge in [-0.05, 0) is 51.5 Å². The van der Waals surface area contributed by atoms with Crippen molar-refractivity contribution in [3.05, 3.63) is 23.9 Å². The Bertz CT molecular complexity index is 628. The summed E-state index contributed by atoms with van der Waals surface area (Å²) < 4.78 is 5.94. The van der Waals surface area contributed by atoms with Crippen LogP contribution in [0.4, 0.5) is 0 Å². The molecule has 2 aliphatic rings. The Morgan fingerprint density at radius 3 is 2.68 bits per heavy atom. The molecular weight excluding hydrogens is 320 g/mol. The van der Waals surface area contributed by atoms with E-state index < -0.39 is 11.9 Å². The van der Waals surface area contributed by atoms with Crippen molar-refractivity contribution in [2.24, 2.45) is 5.92 Å².